The highest BCUT2D eigenvalue weighted by atomic mass is 16.4. The first-order chi connectivity index (χ1) is 24.6. The third kappa shape index (κ3) is 10.4. The van der Waals surface area contributed by atoms with Gasteiger partial charge in [-0.3, -0.25) is 19.2 Å². The number of hydrogen-bond acceptors (Lipinski definition) is 11. The molecule has 0 aromatic carbocycles. The molecule has 0 spiro atoms. The SMILES string of the molecule is N[C@@H](Cc1c[nH]cn1)C(=O)N[C@@H](Cc1c[nH]cn1)C(=O)N[C@@H](Cc1c[nH]cn1)C(=O)N[C@@H](Cc1c[nH]cn1)C(=O)N[C@@H](Cc1c[nH]cn1)C(=O)O. The summed E-state index contributed by atoms with van der Waals surface area (Å²) in [6.07, 6.45) is 14.4. The zero-order valence-corrected chi connectivity index (χ0v) is 27.0. The fraction of sp³-hybridized carbons (Fsp3) is 0.333. The maximum atomic E-state index is 13.9. The van der Waals surface area contributed by atoms with Crippen molar-refractivity contribution in [3.8, 4) is 0 Å². The van der Waals surface area contributed by atoms with Gasteiger partial charge in [-0.2, -0.15) is 0 Å². The molecule has 0 fully saturated rings. The van der Waals surface area contributed by atoms with Crippen LogP contribution in [0.5, 0.6) is 0 Å². The van der Waals surface area contributed by atoms with Crippen LogP contribution in [0.25, 0.3) is 0 Å². The minimum absolute atomic E-state index is 0.0519. The van der Waals surface area contributed by atoms with Gasteiger partial charge in [0.05, 0.1) is 66.1 Å². The Labute approximate surface area is 288 Å². The monoisotopic (exact) mass is 703 g/mol. The second-order valence-corrected chi connectivity index (χ2v) is 11.5. The van der Waals surface area contributed by atoms with Crippen molar-refractivity contribution in [2.75, 3.05) is 0 Å². The molecule has 5 aromatic heterocycles. The van der Waals surface area contributed by atoms with Gasteiger partial charge in [-0.05, 0) is 0 Å². The Kier molecular flexibility index (Phi) is 12.0. The number of hydrogen-bond donors (Lipinski definition) is 11. The highest BCUT2D eigenvalue weighted by Crippen LogP contribution is 2.08. The molecule has 0 radical (unpaired) electrons. The number of carboxylic acid groups (broad SMARTS) is 1. The number of rotatable bonds is 19. The first-order valence-corrected chi connectivity index (χ1v) is 15.7. The van der Waals surface area contributed by atoms with Crippen LogP contribution in [0.4, 0.5) is 0 Å². The quantitative estimate of drug-likeness (QED) is 0.0415. The largest absolute Gasteiger partial charge is 0.480 e. The highest BCUT2D eigenvalue weighted by molar-refractivity contribution is 5.95. The fourth-order valence-electron chi connectivity index (χ4n) is 5.09. The van der Waals surface area contributed by atoms with Crippen molar-refractivity contribution in [3.05, 3.63) is 91.1 Å². The predicted molar refractivity (Wildman–Crippen MR) is 175 cm³/mol. The molecule has 4 amide bonds. The van der Waals surface area contributed by atoms with E-state index in [1.165, 1.54) is 50.2 Å². The number of aromatic amines is 5. The summed E-state index contributed by atoms with van der Waals surface area (Å²) < 4.78 is 0. The molecule has 5 rings (SSSR count). The summed E-state index contributed by atoms with van der Waals surface area (Å²) in [5.41, 5.74) is 8.31. The van der Waals surface area contributed by atoms with Gasteiger partial charge in [-0.1, -0.05) is 0 Å². The number of nitrogens with zero attached hydrogens (tertiary/aromatic N) is 5. The van der Waals surface area contributed by atoms with Gasteiger partial charge >= 0.3 is 5.97 Å². The average molecular weight is 704 g/mol. The maximum absolute atomic E-state index is 13.9. The summed E-state index contributed by atoms with van der Waals surface area (Å²) in [6, 6.07) is -6.27. The summed E-state index contributed by atoms with van der Waals surface area (Å²) >= 11 is 0. The molecular weight excluding hydrogens is 666 g/mol. The lowest BCUT2D eigenvalue weighted by atomic mass is 10.0. The molecule has 0 aliphatic heterocycles. The number of aromatic nitrogens is 10. The van der Waals surface area contributed by atoms with E-state index in [0.717, 1.165) is 0 Å². The van der Waals surface area contributed by atoms with E-state index < -0.39 is 59.8 Å². The van der Waals surface area contributed by atoms with Crippen LogP contribution in [-0.4, -0.2) is 115 Å². The minimum atomic E-state index is -1.37. The number of nitrogens with two attached hydrogens (primary N) is 1. The molecular formula is C30H37N15O6. The fourth-order valence-corrected chi connectivity index (χ4v) is 5.09. The standard InChI is InChI=1S/C30H37N15O6/c31-21(1-16-6-32-11-37-16)26(46)42-22(2-17-7-33-12-38-17)27(47)43-23(3-18-8-34-13-39-18)28(48)44-24(4-19-9-35-14-40-19)29(49)45-25(30(50)51)5-20-10-36-15-41-20/h6-15,21-25H,1-5,31H2,(H,32,37)(H,33,38)(H,34,39)(H,35,40)(H,36,41)(H,42,46)(H,43,47)(H,44,48)(H,45,49)(H,50,51)/t21-,22-,23-,24-,25-/m0/s1. The highest BCUT2D eigenvalue weighted by Gasteiger charge is 2.33. The van der Waals surface area contributed by atoms with Crippen molar-refractivity contribution in [2.45, 2.75) is 62.3 Å². The third-order valence-electron chi connectivity index (χ3n) is 7.71. The van der Waals surface area contributed by atoms with Gasteiger partial charge in [-0.15, -0.1) is 0 Å². The lowest BCUT2D eigenvalue weighted by Gasteiger charge is -2.26. The minimum Gasteiger partial charge on any atom is -0.480 e. The first kappa shape index (κ1) is 35.7. The lowest BCUT2D eigenvalue weighted by Crippen LogP contribution is -2.60. The van der Waals surface area contributed by atoms with Crippen molar-refractivity contribution < 1.29 is 29.1 Å². The van der Waals surface area contributed by atoms with E-state index in [0.29, 0.717) is 28.5 Å². The molecule has 21 nitrogen and oxygen atoms in total. The average Bonchev–Trinajstić information content (AvgIpc) is 3.95. The van der Waals surface area contributed by atoms with Gasteiger partial charge in [0.15, 0.2) is 0 Å². The molecule has 12 N–H and O–H groups in total. The first-order valence-electron chi connectivity index (χ1n) is 15.7. The van der Waals surface area contributed by atoms with E-state index in [-0.39, 0.29) is 32.1 Å². The molecule has 5 heterocycles. The molecule has 21 heteroatoms. The molecule has 0 saturated carbocycles. The molecule has 0 aliphatic carbocycles. The Hall–Kier alpha value is -6.64. The Morgan fingerprint density at radius 3 is 1.06 bits per heavy atom. The zero-order valence-electron chi connectivity index (χ0n) is 27.0. The van der Waals surface area contributed by atoms with Crippen molar-refractivity contribution >= 4 is 29.6 Å². The zero-order chi connectivity index (χ0) is 36.2. The van der Waals surface area contributed by atoms with E-state index in [4.69, 9.17) is 5.73 Å². The van der Waals surface area contributed by atoms with E-state index in [1.54, 1.807) is 12.4 Å². The summed E-state index contributed by atoms with van der Waals surface area (Å²) in [5, 5.41) is 20.2. The van der Waals surface area contributed by atoms with Crippen LogP contribution in [0.2, 0.25) is 0 Å². The van der Waals surface area contributed by atoms with E-state index in [2.05, 4.69) is 71.1 Å². The summed E-state index contributed by atoms with van der Waals surface area (Å²) in [4.78, 5) is 101. The molecule has 0 aliphatic rings. The van der Waals surface area contributed by atoms with Crippen LogP contribution < -0.4 is 27.0 Å². The van der Waals surface area contributed by atoms with Crippen LogP contribution >= 0.6 is 0 Å². The van der Waals surface area contributed by atoms with Gasteiger partial charge < -0.3 is 57.0 Å². The molecule has 0 unspecified atom stereocenters. The van der Waals surface area contributed by atoms with Gasteiger partial charge in [-0.25, -0.2) is 29.7 Å². The van der Waals surface area contributed by atoms with Crippen LogP contribution in [0.15, 0.2) is 62.6 Å². The van der Waals surface area contributed by atoms with E-state index in [1.807, 2.05) is 0 Å². The number of nitrogens with one attached hydrogen (secondary N) is 9. The molecule has 5 atom stereocenters. The number of aliphatic carboxylic acids is 1. The molecule has 268 valence electrons. The smallest absolute Gasteiger partial charge is 0.326 e. The third-order valence-corrected chi connectivity index (χ3v) is 7.71. The van der Waals surface area contributed by atoms with Gasteiger partial charge in [0.2, 0.25) is 23.6 Å². The number of imidazole rings is 5. The second-order valence-electron chi connectivity index (χ2n) is 11.5. The van der Waals surface area contributed by atoms with Gasteiger partial charge in [0.1, 0.15) is 24.2 Å². The van der Waals surface area contributed by atoms with Gasteiger partial charge in [0.25, 0.3) is 0 Å². The molecule has 0 bridgehead atoms. The number of amides is 4. The number of carbonyl (C=O) groups is 5. The second kappa shape index (κ2) is 17.1. The van der Waals surface area contributed by atoms with Crippen molar-refractivity contribution in [2.24, 2.45) is 5.73 Å². The van der Waals surface area contributed by atoms with Crippen molar-refractivity contribution in [3.63, 3.8) is 0 Å². The van der Waals surface area contributed by atoms with Crippen LogP contribution in [0.3, 0.4) is 0 Å². The predicted octanol–water partition coefficient (Wildman–Crippen LogP) is -2.83. The Morgan fingerprint density at radius 2 is 0.765 bits per heavy atom. The Bertz CT molecular complexity index is 1820. The Balaban J connectivity index is 1.34. The van der Waals surface area contributed by atoms with Gasteiger partial charge in [0, 0.05) is 63.1 Å². The summed E-state index contributed by atoms with van der Waals surface area (Å²) in [6.45, 7) is 0. The molecule has 0 saturated heterocycles. The normalized spacial score (nSPS) is 14.1. The van der Waals surface area contributed by atoms with Crippen LogP contribution in [0.1, 0.15) is 28.5 Å². The van der Waals surface area contributed by atoms with E-state index in [9.17, 15) is 29.1 Å². The number of carbonyl (C=O) groups excluding carboxylic acids is 4. The van der Waals surface area contributed by atoms with Crippen LogP contribution in [0, 0.1) is 0 Å². The van der Waals surface area contributed by atoms with Crippen LogP contribution in [-0.2, 0) is 56.1 Å². The summed E-state index contributed by atoms with van der Waals surface area (Å²) in [7, 11) is 0. The Morgan fingerprint density at radius 1 is 0.490 bits per heavy atom. The molecule has 5 aromatic rings. The van der Waals surface area contributed by atoms with Crippen molar-refractivity contribution in [1.82, 2.24) is 71.1 Å². The lowest BCUT2D eigenvalue weighted by molar-refractivity contribution is -0.142. The van der Waals surface area contributed by atoms with E-state index >= 15 is 0 Å². The summed E-state index contributed by atoms with van der Waals surface area (Å²) in [5.74, 6) is -4.29. The van der Waals surface area contributed by atoms with Crippen molar-refractivity contribution in [1.29, 1.82) is 0 Å². The number of carboxylic acids is 1. The number of H-pyrrole nitrogens is 5. The molecule has 51 heavy (non-hydrogen) atoms. The topological polar surface area (TPSA) is 323 Å². The maximum Gasteiger partial charge on any atom is 0.326 e.